The van der Waals surface area contributed by atoms with Gasteiger partial charge < -0.3 is 10.1 Å². The Hall–Kier alpha value is -0.450. The molecule has 1 aromatic rings. The maximum Gasteiger partial charge on any atom is 0.0929 e. The number of hydrogen-bond donors (Lipinski definition) is 1. The first-order valence-corrected chi connectivity index (χ1v) is 7.38. The van der Waals surface area contributed by atoms with Gasteiger partial charge in [0.05, 0.1) is 22.9 Å². The van der Waals surface area contributed by atoms with Crippen molar-refractivity contribution >= 4 is 11.3 Å². The van der Waals surface area contributed by atoms with Crippen LogP contribution in [-0.2, 0) is 17.8 Å². The maximum atomic E-state index is 6.03. The average Bonchev–Trinajstić information content (AvgIpc) is 2.76. The average molecular weight is 254 g/mol. The fraction of sp³-hybridized carbons (Fsp3) is 0.769. The lowest BCUT2D eigenvalue weighted by atomic mass is 9.96. The van der Waals surface area contributed by atoms with E-state index in [1.54, 1.807) is 11.3 Å². The zero-order chi connectivity index (χ0) is 12.1. The molecule has 2 heterocycles. The molecule has 0 bridgehead atoms. The Labute approximate surface area is 108 Å². The van der Waals surface area contributed by atoms with Crippen LogP contribution in [0.5, 0.6) is 0 Å². The number of aryl methyl sites for hydroxylation is 1. The van der Waals surface area contributed by atoms with Gasteiger partial charge in [-0.15, -0.1) is 11.3 Å². The SMILES string of the molecule is CCCc1nc(COC2(C)CCCNC2)cs1. The highest BCUT2D eigenvalue weighted by atomic mass is 32.1. The van der Waals surface area contributed by atoms with Gasteiger partial charge in [0.1, 0.15) is 0 Å². The van der Waals surface area contributed by atoms with Gasteiger partial charge in [-0.2, -0.15) is 0 Å². The fourth-order valence-corrected chi connectivity index (χ4v) is 3.03. The van der Waals surface area contributed by atoms with E-state index in [2.05, 4.69) is 29.5 Å². The first-order valence-electron chi connectivity index (χ1n) is 6.50. The molecule has 1 aliphatic heterocycles. The molecule has 0 amide bonds. The van der Waals surface area contributed by atoms with Crippen molar-refractivity contribution in [2.45, 2.75) is 51.7 Å². The zero-order valence-corrected chi connectivity index (χ0v) is 11.6. The van der Waals surface area contributed by atoms with Gasteiger partial charge in [-0.25, -0.2) is 4.98 Å². The van der Waals surface area contributed by atoms with Crippen molar-refractivity contribution in [1.29, 1.82) is 0 Å². The largest absolute Gasteiger partial charge is 0.368 e. The molecule has 0 aliphatic carbocycles. The van der Waals surface area contributed by atoms with E-state index in [0.717, 1.165) is 38.0 Å². The maximum absolute atomic E-state index is 6.03. The summed E-state index contributed by atoms with van der Waals surface area (Å²) >= 11 is 1.75. The Morgan fingerprint density at radius 2 is 2.47 bits per heavy atom. The van der Waals surface area contributed by atoms with Crippen molar-refractivity contribution in [3.63, 3.8) is 0 Å². The summed E-state index contributed by atoms with van der Waals surface area (Å²) in [6.07, 6.45) is 4.60. The summed E-state index contributed by atoms with van der Waals surface area (Å²) in [6, 6.07) is 0. The van der Waals surface area contributed by atoms with Gasteiger partial charge in [0, 0.05) is 11.9 Å². The quantitative estimate of drug-likeness (QED) is 0.877. The van der Waals surface area contributed by atoms with Crippen LogP contribution >= 0.6 is 11.3 Å². The Morgan fingerprint density at radius 1 is 1.59 bits per heavy atom. The number of rotatable bonds is 5. The van der Waals surface area contributed by atoms with E-state index < -0.39 is 0 Å². The lowest BCUT2D eigenvalue weighted by Crippen LogP contribution is -2.45. The molecule has 3 nitrogen and oxygen atoms in total. The van der Waals surface area contributed by atoms with Crippen LogP contribution in [0, 0.1) is 0 Å². The molecular formula is C13H22N2OS. The smallest absolute Gasteiger partial charge is 0.0929 e. The summed E-state index contributed by atoms with van der Waals surface area (Å²) < 4.78 is 6.03. The van der Waals surface area contributed by atoms with Gasteiger partial charge in [0.15, 0.2) is 0 Å². The number of aromatic nitrogens is 1. The Balaban J connectivity index is 1.83. The van der Waals surface area contributed by atoms with E-state index in [-0.39, 0.29) is 5.60 Å². The highest BCUT2D eigenvalue weighted by Crippen LogP contribution is 2.22. The van der Waals surface area contributed by atoms with Crippen LogP contribution in [-0.4, -0.2) is 23.7 Å². The summed E-state index contributed by atoms with van der Waals surface area (Å²) in [5, 5.41) is 6.76. The third-order valence-electron chi connectivity index (χ3n) is 3.19. The molecule has 1 aromatic heterocycles. The topological polar surface area (TPSA) is 34.1 Å². The standard InChI is InChI=1S/C13H22N2OS/c1-3-5-12-15-11(9-17-12)8-16-13(2)6-4-7-14-10-13/h9,14H,3-8,10H2,1-2H3. The van der Waals surface area contributed by atoms with E-state index in [0.29, 0.717) is 6.61 Å². The molecule has 0 saturated carbocycles. The molecule has 1 aliphatic rings. The van der Waals surface area contributed by atoms with E-state index >= 15 is 0 Å². The number of nitrogens with zero attached hydrogens (tertiary/aromatic N) is 1. The monoisotopic (exact) mass is 254 g/mol. The van der Waals surface area contributed by atoms with Crippen LogP contribution in [0.2, 0.25) is 0 Å². The van der Waals surface area contributed by atoms with E-state index in [9.17, 15) is 0 Å². The predicted molar refractivity (Wildman–Crippen MR) is 71.4 cm³/mol. The second-order valence-corrected chi connectivity index (χ2v) is 5.94. The van der Waals surface area contributed by atoms with Crippen LogP contribution in [0.4, 0.5) is 0 Å². The van der Waals surface area contributed by atoms with Crippen LogP contribution in [0.25, 0.3) is 0 Å². The molecule has 0 radical (unpaired) electrons. The molecule has 1 atom stereocenters. The molecule has 1 unspecified atom stereocenters. The number of thiazole rings is 1. The predicted octanol–water partition coefficient (Wildman–Crippen LogP) is 2.75. The van der Waals surface area contributed by atoms with Gasteiger partial charge in [-0.3, -0.25) is 0 Å². The summed E-state index contributed by atoms with van der Waals surface area (Å²) in [4.78, 5) is 4.59. The van der Waals surface area contributed by atoms with Crippen molar-refractivity contribution in [2.24, 2.45) is 0 Å². The Morgan fingerprint density at radius 3 is 3.18 bits per heavy atom. The molecule has 0 spiro atoms. The lowest BCUT2D eigenvalue weighted by molar-refractivity contribution is -0.0582. The van der Waals surface area contributed by atoms with Gasteiger partial charge in [-0.05, 0) is 39.2 Å². The third-order valence-corrected chi connectivity index (χ3v) is 4.15. The van der Waals surface area contributed by atoms with Crippen LogP contribution in [0.3, 0.4) is 0 Å². The van der Waals surface area contributed by atoms with Crippen LogP contribution < -0.4 is 5.32 Å². The van der Waals surface area contributed by atoms with Crippen molar-refractivity contribution in [2.75, 3.05) is 13.1 Å². The van der Waals surface area contributed by atoms with Crippen LogP contribution in [0.1, 0.15) is 43.8 Å². The highest BCUT2D eigenvalue weighted by molar-refractivity contribution is 7.09. The number of hydrogen-bond acceptors (Lipinski definition) is 4. The van der Waals surface area contributed by atoms with Gasteiger partial charge in [-0.1, -0.05) is 6.92 Å². The summed E-state index contributed by atoms with van der Waals surface area (Å²) in [5.41, 5.74) is 1.08. The fourth-order valence-electron chi connectivity index (χ4n) is 2.14. The van der Waals surface area contributed by atoms with Crippen molar-refractivity contribution in [3.8, 4) is 0 Å². The van der Waals surface area contributed by atoms with Gasteiger partial charge in [0.2, 0.25) is 0 Å². The summed E-state index contributed by atoms with van der Waals surface area (Å²) in [7, 11) is 0. The minimum absolute atomic E-state index is 0.00716. The molecule has 1 fully saturated rings. The molecular weight excluding hydrogens is 232 g/mol. The van der Waals surface area contributed by atoms with Gasteiger partial charge in [0.25, 0.3) is 0 Å². The molecule has 2 rings (SSSR count). The van der Waals surface area contributed by atoms with E-state index in [1.165, 1.54) is 11.4 Å². The van der Waals surface area contributed by atoms with Crippen molar-refractivity contribution in [1.82, 2.24) is 10.3 Å². The molecule has 4 heteroatoms. The Kier molecular flexibility index (Phi) is 4.54. The molecule has 1 N–H and O–H groups in total. The molecule has 17 heavy (non-hydrogen) atoms. The first-order chi connectivity index (χ1) is 8.22. The molecule has 0 aromatic carbocycles. The number of nitrogens with one attached hydrogen (secondary N) is 1. The molecule has 1 saturated heterocycles. The number of ether oxygens (including phenoxy) is 1. The first kappa shape index (κ1) is 13.0. The van der Waals surface area contributed by atoms with Crippen molar-refractivity contribution in [3.05, 3.63) is 16.1 Å². The number of piperidine rings is 1. The van der Waals surface area contributed by atoms with Crippen molar-refractivity contribution < 1.29 is 4.74 Å². The van der Waals surface area contributed by atoms with Crippen LogP contribution in [0.15, 0.2) is 5.38 Å². The molecule has 96 valence electrons. The Bertz CT molecular complexity index is 345. The minimum Gasteiger partial charge on any atom is -0.368 e. The van der Waals surface area contributed by atoms with Gasteiger partial charge >= 0.3 is 0 Å². The minimum atomic E-state index is -0.00716. The second kappa shape index (κ2) is 5.94. The van der Waals surface area contributed by atoms with E-state index in [4.69, 9.17) is 4.74 Å². The zero-order valence-electron chi connectivity index (χ0n) is 10.8. The lowest BCUT2D eigenvalue weighted by Gasteiger charge is -2.33. The summed E-state index contributed by atoms with van der Waals surface area (Å²) in [5.74, 6) is 0. The van der Waals surface area contributed by atoms with E-state index in [1.807, 2.05) is 0 Å². The summed E-state index contributed by atoms with van der Waals surface area (Å²) in [6.45, 7) is 7.11. The second-order valence-electron chi connectivity index (χ2n) is 5.00. The normalized spacial score (nSPS) is 25.1. The third kappa shape index (κ3) is 3.76. The highest BCUT2D eigenvalue weighted by Gasteiger charge is 2.27.